The van der Waals surface area contributed by atoms with E-state index in [9.17, 15) is 13.6 Å². The number of carbonyl (C=O) groups excluding carboxylic acids is 1. The number of halogens is 2. The van der Waals surface area contributed by atoms with E-state index in [4.69, 9.17) is 0 Å². The summed E-state index contributed by atoms with van der Waals surface area (Å²) >= 11 is 0. The van der Waals surface area contributed by atoms with Gasteiger partial charge >= 0.3 is 6.61 Å². The van der Waals surface area contributed by atoms with Crippen LogP contribution in [-0.2, 0) is 4.79 Å². The fraction of sp³-hybridized carbons (Fsp3) is 0.273. The van der Waals surface area contributed by atoms with Crippen LogP contribution in [0.25, 0.3) is 27.9 Å². The van der Waals surface area contributed by atoms with Crippen molar-refractivity contribution in [3.63, 3.8) is 0 Å². The monoisotopic (exact) mass is 438 g/mol. The molecule has 32 heavy (non-hydrogen) atoms. The SMILES string of the molecule is O=C1NCCCCC1Nc1nc2ccccc2c2nc(-c3ccccc3OC(F)F)nn12. The summed E-state index contributed by atoms with van der Waals surface area (Å²) in [6, 6.07) is 13.3. The Balaban J connectivity index is 1.65. The molecule has 0 aliphatic carbocycles. The smallest absolute Gasteiger partial charge is 0.387 e. The summed E-state index contributed by atoms with van der Waals surface area (Å²) in [5.41, 5.74) is 1.50. The van der Waals surface area contributed by atoms with Crippen LogP contribution in [0.5, 0.6) is 5.75 Å². The largest absolute Gasteiger partial charge is 0.434 e. The van der Waals surface area contributed by atoms with Crippen LogP contribution < -0.4 is 15.4 Å². The van der Waals surface area contributed by atoms with E-state index in [2.05, 4.69) is 30.4 Å². The Labute approximate surface area is 181 Å². The zero-order valence-electron chi connectivity index (χ0n) is 17.0. The Hall–Kier alpha value is -3.82. The molecule has 1 aliphatic heterocycles. The number of ether oxygens (including phenoxy) is 1. The van der Waals surface area contributed by atoms with Gasteiger partial charge in [-0.25, -0.2) is 9.97 Å². The van der Waals surface area contributed by atoms with Gasteiger partial charge in [0, 0.05) is 11.9 Å². The number of hydrogen-bond donors (Lipinski definition) is 2. The van der Waals surface area contributed by atoms with E-state index >= 15 is 0 Å². The first-order valence-corrected chi connectivity index (χ1v) is 10.3. The van der Waals surface area contributed by atoms with Gasteiger partial charge in [0.05, 0.1) is 11.1 Å². The Kier molecular flexibility index (Phi) is 5.26. The second kappa shape index (κ2) is 8.37. The molecule has 8 nitrogen and oxygen atoms in total. The van der Waals surface area contributed by atoms with Crippen molar-refractivity contribution in [2.45, 2.75) is 31.9 Å². The quantitative estimate of drug-likeness (QED) is 0.494. The van der Waals surface area contributed by atoms with E-state index in [1.807, 2.05) is 24.3 Å². The highest BCUT2D eigenvalue weighted by molar-refractivity contribution is 5.93. The van der Waals surface area contributed by atoms with Gasteiger partial charge in [-0.1, -0.05) is 24.3 Å². The minimum Gasteiger partial charge on any atom is -0.434 e. The van der Waals surface area contributed by atoms with Gasteiger partial charge in [-0.3, -0.25) is 4.79 Å². The number of rotatable bonds is 5. The van der Waals surface area contributed by atoms with Crippen molar-refractivity contribution in [1.82, 2.24) is 24.9 Å². The number of nitrogens with one attached hydrogen (secondary N) is 2. The summed E-state index contributed by atoms with van der Waals surface area (Å²) in [5.74, 6) is 0.453. The molecule has 2 aromatic heterocycles. The minimum absolute atomic E-state index is 0.0201. The van der Waals surface area contributed by atoms with Crippen LogP contribution >= 0.6 is 0 Å². The molecule has 10 heteroatoms. The molecule has 1 saturated heterocycles. The second-order valence-electron chi connectivity index (χ2n) is 7.48. The molecule has 2 aromatic carbocycles. The third-order valence-corrected chi connectivity index (χ3v) is 5.36. The fourth-order valence-electron chi connectivity index (χ4n) is 3.85. The summed E-state index contributed by atoms with van der Waals surface area (Å²) in [7, 11) is 0. The number of hydrogen-bond acceptors (Lipinski definition) is 6. The fourth-order valence-corrected chi connectivity index (χ4v) is 3.85. The van der Waals surface area contributed by atoms with Gasteiger partial charge < -0.3 is 15.4 Å². The van der Waals surface area contributed by atoms with E-state index < -0.39 is 12.7 Å². The number of fused-ring (bicyclic) bond motifs is 3. The second-order valence-corrected chi connectivity index (χ2v) is 7.48. The summed E-state index contributed by atoms with van der Waals surface area (Å²) < 4.78 is 32.0. The summed E-state index contributed by atoms with van der Waals surface area (Å²) in [6.07, 6.45) is 2.47. The molecule has 4 aromatic rings. The van der Waals surface area contributed by atoms with Crippen molar-refractivity contribution in [3.05, 3.63) is 48.5 Å². The van der Waals surface area contributed by atoms with E-state index in [0.29, 0.717) is 35.6 Å². The molecule has 1 aliphatic rings. The van der Waals surface area contributed by atoms with Gasteiger partial charge in [-0.05, 0) is 43.5 Å². The molecule has 0 saturated carbocycles. The molecule has 164 valence electrons. The van der Waals surface area contributed by atoms with Gasteiger partial charge in [0.2, 0.25) is 11.9 Å². The molecule has 5 rings (SSSR count). The number of nitrogens with zero attached hydrogens (tertiary/aromatic N) is 4. The molecular weight excluding hydrogens is 418 g/mol. The first-order valence-electron chi connectivity index (χ1n) is 10.3. The average Bonchev–Trinajstić information content (AvgIpc) is 3.14. The predicted molar refractivity (Wildman–Crippen MR) is 115 cm³/mol. The van der Waals surface area contributed by atoms with Gasteiger partial charge in [0.1, 0.15) is 11.8 Å². The lowest BCUT2D eigenvalue weighted by molar-refractivity contribution is -0.121. The Morgan fingerprint density at radius 3 is 2.78 bits per heavy atom. The van der Waals surface area contributed by atoms with Crippen molar-refractivity contribution in [3.8, 4) is 17.1 Å². The molecule has 0 radical (unpaired) electrons. The van der Waals surface area contributed by atoms with Crippen molar-refractivity contribution in [2.24, 2.45) is 0 Å². The van der Waals surface area contributed by atoms with Gasteiger partial charge in [-0.2, -0.15) is 13.3 Å². The molecule has 0 bridgehead atoms. The molecule has 1 atom stereocenters. The topological polar surface area (TPSA) is 93.4 Å². The van der Waals surface area contributed by atoms with Crippen LogP contribution in [0, 0.1) is 0 Å². The van der Waals surface area contributed by atoms with Gasteiger partial charge in [0.25, 0.3) is 0 Å². The maximum absolute atomic E-state index is 12.9. The first kappa shape index (κ1) is 20.1. The summed E-state index contributed by atoms with van der Waals surface area (Å²) in [6.45, 7) is -2.33. The highest BCUT2D eigenvalue weighted by atomic mass is 19.3. The summed E-state index contributed by atoms with van der Waals surface area (Å²) in [5, 5.41) is 11.4. The van der Waals surface area contributed by atoms with Crippen LogP contribution in [0.2, 0.25) is 0 Å². The maximum Gasteiger partial charge on any atom is 0.387 e. The Morgan fingerprint density at radius 2 is 1.91 bits per heavy atom. The van der Waals surface area contributed by atoms with E-state index in [1.54, 1.807) is 18.2 Å². The molecule has 1 unspecified atom stereocenters. The lowest BCUT2D eigenvalue weighted by atomic mass is 10.1. The number of alkyl halides is 2. The number of amides is 1. The van der Waals surface area contributed by atoms with Crippen LogP contribution in [0.4, 0.5) is 14.7 Å². The van der Waals surface area contributed by atoms with Gasteiger partial charge in [-0.15, -0.1) is 5.10 Å². The lowest BCUT2D eigenvalue weighted by Crippen LogP contribution is -2.38. The van der Waals surface area contributed by atoms with Crippen molar-refractivity contribution < 1.29 is 18.3 Å². The third kappa shape index (κ3) is 3.79. The van der Waals surface area contributed by atoms with Gasteiger partial charge in [0.15, 0.2) is 11.5 Å². The average molecular weight is 438 g/mol. The molecule has 0 spiro atoms. The van der Waals surface area contributed by atoms with Crippen LogP contribution in [0.15, 0.2) is 48.5 Å². The standard InChI is InChI=1S/C22H20F2N6O2/c23-21(24)32-17-11-4-2-8-14(17)18-28-19-13-7-1-3-9-15(13)26-22(30(19)29-18)27-16-10-5-6-12-25-20(16)31/h1-4,7-9,11,16,21H,5-6,10,12H2,(H,25,31)(H,26,27). The number of para-hydroxylation sites is 2. The molecule has 2 N–H and O–H groups in total. The van der Waals surface area contributed by atoms with E-state index in [1.165, 1.54) is 10.6 Å². The minimum atomic E-state index is -2.97. The van der Waals surface area contributed by atoms with E-state index in [0.717, 1.165) is 18.2 Å². The van der Waals surface area contributed by atoms with Crippen LogP contribution in [0.1, 0.15) is 19.3 Å². The normalized spacial score (nSPS) is 16.8. The first-order chi connectivity index (χ1) is 15.6. The Bertz CT molecular complexity index is 1290. The molecule has 3 heterocycles. The molecular formula is C22H20F2N6O2. The number of benzene rings is 2. The highest BCUT2D eigenvalue weighted by Gasteiger charge is 2.24. The molecule has 1 fully saturated rings. The number of carbonyl (C=O) groups is 1. The maximum atomic E-state index is 12.9. The number of aromatic nitrogens is 4. The highest BCUT2D eigenvalue weighted by Crippen LogP contribution is 2.31. The van der Waals surface area contributed by atoms with Crippen molar-refractivity contribution >= 4 is 28.4 Å². The lowest BCUT2D eigenvalue weighted by Gasteiger charge is -2.16. The number of anilines is 1. The zero-order valence-corrected chi connectivity index (χ0v) is 17.0. The zero-order chi connectivity index (χ0) is 22.1. The van der Waals surface area contributed by atoms with Crippen LogP contribution in [-0.4, -0.2) is 44.7 Å². The van der Waals surface area contributed by atoms with Crippen molar-refractivity contribution in [1.29, 1.82) is 0 Å². The third-order valence-electron chi connectivity index (χ3n) is 5.36. The van der Waals surface area contributed by atoms with E-state index in [-0.39, 0.29) is 17.5 Å². The Morgan fingerprint density at radius 1 is 1.09 bits per heavy atom. The van der Waals surface area contributed by atoms with Crippen molar-refractivity contribution in [2.75, 3.05) is 11.9 Å². The summed E-state index contributed by atoms with van der Waals surface area (Å²) in [4.78, 5) is 21.7. The molecule has 1 amide bonds. The predicted octanol–water partition coefficient (Wildman–Crippen LogP) is 3.63. The van der Waals surface area contributed by atoms with Crippen LogP contribution in [0.3, 0.4) is 0 Å².